The van der Waals surface area contributed by atoms with Crippen LogP contribution >= 0.6 is 0 Å². The van der Waals surface area contributed by atoms with Gasteiger partial charge in [-0.1, -0.05) is 24.3 Å². The van der Waals surface area contributed by atoms with E-state index in [-0.39, 0.29) is 12.2 Å². The molecule has 0 saturated heterocycles. The SMILES string of the molecule is CCOC(=O)C(F)(F)C(C)(O)c1ccc(-c2ccc(F)cn2)cc1. The smallest absolute Gasteiger partial charge is 0.380 e. The quantitative estimate of drug-likeness (QED) is 0.849. The fourth-order valence-electron chi connectivity index (χ4n) is 2.11. The highest BCUT2D eigenvalue weighted by molar-refractivity contribution is 5.79. The van der Waals surface area contributed by atoms with Crippen LogP contribution in [-0.2, 0) is 15.1 Å². The zero-order valence-electron chi connectivity index (χ0n) is 13.1. The molecule has 1 N–H and O–H groups in total. The molecule has 0 bridgehead atoms. The Balaban J connectivity index is 2.31. The summed E-state index contributed by atoms with van der Waals surface area (Å²) < 4.78 is 45.5. The Hall–Kier alpha value is -2.41. The van der Waals surface area contributed by atoms with Gasteiger partial charge in [0.05, 0.1) is 18.5 Å². The summed E-state index contributed by atoms with van der Waals surface area (Å²) in [4.78, 5) is 15.3. The van der Waals surface area contributed by atoms with E-state index in [0.29, 0.717) is 11.3 Å². The number of hydrogen-bond acceptors (Lipinski definition) is 4. The predicted octanol–water partition coefficient (Wildman–Crippen LogP) is 3.29. The summed E-state index contributed by atoms with van der Waals surface area (Å²) in [6.45, 7) is 2.02. The number of hydrogen-bond donors (Lipinski definition) is 1. The third-order valence-corrected chi connectivity index (χ3v) is 3.61. The summed E-state index contributed by atoms with van der Waals surface area (Å²) in [7, 11) is 0. The highest BCUT2D eigenvalue weighted by atomic mass is 19.3. The Morgan fingerprint density at radius 1 is 1.21 bits per heavy atom. The largest absolute Gasteiger partial charge is 0.461 e. The van der Waals surface area contributed by atoms with Crippen LogP contribution in [0.3, 0.4) is 0 Å². The fourth-order valence-corrected chi connectivity index (χ4v) is 2.11. The van der Waals surface area contributed by atoms with Crippen molar-refractivity contribution in [1.29, 1.82) is 0 Å². The minimum Gasteiger partial charge on any atom is -0.461 e. The highest BCUT2D eigenvalue weighted by Crippen LogP contribution is 2.39. The number of carbonyl (C=O) groups excluding carboxylic acids is 1. The average Bonchev–Trinajstić information content (AvgIpc) is 2.55. The van der Waals surface area contributed by atoms with Crippen LogP contribution in [0.5, 0.6) is 0 Å². The number of pyridine rings is 1. The van der Waals surface area contributed by atoms with Crippen molar-refractivity contribution in [3.8, 4) is 11.3 Å². The van der Waals surface area contributed by atoms with Crippen molar-refractivity contribution < 1.29 is 27.8 Å². The first-order valence-corrected chi connectivity index (χ1v) is 7.20. The Morgan fingerprint density at radius 3 is 2.33 bits per heavy atom. The number of halogens is 3. The van der Waals surface area contributed by atoms with Crippen LogP contribution in [0, 0.1) is 5.82 Å². The number of nitrogens with zero attached hydrogens (tertiary/aromatic N) is 1. The number of aromatic nitrogens is 1. The zero-order valence-corrected chi connectivity index (χ0v) is 13.1. The molecule has 0 aliphatic carbocycles. The monoisotopic (exact) mass is 339 g/mol. The van der Waals surface area contributed by atoms with E-state index in [1.54, 1.807) is 0 Å². The van der Waals surface area contributed by atoms with E-state index in [1.165, 1.54) is 43.3 Å². The highest BCUT2D eigenvalue weighted by Gasteiger charge is 2.57. The molecule has 128 valence electrons. The molecule has 1 heterocycles. The number of esters is 1. The second-order valence-electron chi connectivity index (χ2n) is 5.31. The van der Waals surface area contributed by atoms with Crippen molar-refractivity contribution in [2.24, 2.45) is 0 Å². The van der Waals surface area contributed by atoms with E-state index in [2.05, 4.69) is 9.72 Å². The van der Waals surface area contributed by atoms with Gasteiger partial charge < -0.3 is 9.84 Å². The van der Waals surface area contributed by atoms with E-state index < -0.39 is 23.3 Å². The van der Waals surface area contributed by atoms with Crippen LogP contribution < -0.4 is 0 Å². The third-order valence-electron chi connectivity index (χ3n) is 3.61. The van der Waals surface area contributed by atoms with Crippen molar-refractivity contribution in [1.82, 2.24) is 4.98 Å². The van der Waals surface area contributed by atoms with Crippen LogP contribution in [0.4, 0.5) is 13.2 Å². The summed E-state index contributed by atoms with van der Waals surface area (Å²) >= 11 is 0. The van der Waals surface area contributed by atoms with Gasteiger partial charge in [0.15, 0.2) is 5.60 Å². The lowest BCUT2D eigenvalue weighted by atomic mass is 9.88. The molecule has 1 unspecified atom stereocenters. The summed E-state index contributed by atoms with van der Waals surface area (Å²) in [5.74, 6) is -6.40. The lowest BCUT2D eigenvalue weighted by Gasteiger charge is -2.31. The minimum absolute atomic E-state index is 0.161. The lowest BCUT2D eigenvalue weighted by Crippen LogP contribution is -2.49. The topological polar surface area (TPSA) is 59.4 Å². The van der Waals surface area contributed by atoms with Crippen molar-refractivity contribution >= 4 is 5.97 Å². The molecule has 1 aromatic heterocycles. The van der Waals surface area contributed by atoms with Gasteiger partial charge in [-0.05, 0) is 31.5 Å². The Labute approximate surface area is 136 Å². The number of rotatable bonds is 5. The van der Waals surface area contributed by atoms with Crippen LogP contribution in [0.1, 0.15) is 19.4 Å². The summed E-state index contributed by atoms with van der Waals surface area (Å²) in [6.07, 6.45) is 1.04. The first kappa shape index (κ1) is 17.9. The summed E-state index contributed by atoms with van der Waals surface area (Å²) in [6, 6.07) is 8.08. The third kappa shape index (κ3) is 3.26. The summed E-state index contributed by atoms with van der Waals surface area (Å²) in [5, 5.41) is 10.2. The molecular weight excluding hydrogens is 323 g/mol. The maximum atomic E-state index is 14.2. The fraction of sp³-hybridized carbons (Fsp3) is 0.294. The molecule has 0 amide bonds. The van der Waals surface area contributed by atoms with E-state index in [4.69, 9.17) is 0 Å². The van der Waals surface area contributed by atoms with Gasteiger partial charge in [-0.2, -0.15) is 8.78 Å². The maximum Gasteiger partial charge on any atom is 0.380 e. The number of aliphatic hydroxyl groups is 1. The molecule has 0 aliphatic rings. The van der Waals surface area contributed by atoms with Crippen LogP contribution in [0.15, 0.2) is 42.6 Å². The molecule has 0 spiro atoms. The van der Waals surface area contributed by atoms with Crippen molar-refractivity contribution in [3.63, 3.8) is 0 Å². The van der Waals surface area contributed by atoms with Gasteiger partial charge in [0, 0.05) is 5.56 Å². The Morgan fingerprint density at radius 2 is 1.83 bits per heavy atom. The van der Waals surface area contributed by atoms with Gasteiger partial charge in [0.25, 0.3) is 0 Å². The van der Waals surface area contributed by atoms with Crippen LogP contribution in [0.2, 0.25) is 0 Å². The van der Waals surface area contributed by atoms with Gasteiger partial charge in [-0.25, -0.2) is 9.18 Å². The lowest BCUT2D eigenvalue weighted by molar-refractivity contribution is -0.212. The second-order valence-corrected chi connectivity index (χ2v) is 5.31. The number of ether oxygens (including phenoxy) is 1. The molecule has 7 heteroatoms. The van der Waals surface area contributed by atoms with Gasteiger partial charge in [-0.15, -0.1) is 0 Å². The van der Waals surface area contributed by atoms with Gasteiger partial charge in [0.1, 0.15) is 5.82 Å². The molecule has 0 fully saturated rings. The first-order valence-electron chi connectivity index (χ1n) is 7.20. The van der Waals surface area contributed by atoms with Crippen LogP contribution in [-0.4, -0.2) is 28.6 Å². The van der Waals surface area contributed by atoms with E-state index >= 15 is 0 Å². The van der Waals surface area contributed by atoms with Crippen LogP contribution in [0.25, 0.3) is 11.3 Å². The van der Waals surface area contributed by atoms with E-state index in [0.717, 1.165) is 13.1 Å². The molecule has 0 aliphatic heterocycles. The molecule has 0 saturated carbocycles. The molecule has 2 aromatic rings. The normalized spacial score (nSPS) is 14.1. The van der Waals surface area contributed by atoms with E-state index in [9.17, 15) is 23.1 Å². The number of alkyl halides is 2. The predicted molar refractivity (Wildman–Crippen MR) is 80.8 cm³/mol. The summed E-state index contributed by atoms with van der Waals surface area (Å²) in [5.41, 5.74) is -1.91. The zero-order chi connectivity index (χ0) is 18.0. The van der Waals surface area contributed by atoms with Crippen molar-refractivity contribution in [2.75, 3.05) is 6.61 Å². The standard InChI is InChI=1S/C17H16F3NO3/c1-3-24-15(22)17(19,20)16(2,23)12-6-4-11(5-7-12)14-9-8-13(18)10-21-14/h4-10,23H,3H2,1-2H3. The van der Waals surface area contributed by atoms with Crippen molar-refractivity contribution in [2.45, 2.75) is 25.4 Å². The van der Waals surface area contributed by atoms with Crippen molar-refractivity contribution in [3.05, 3.63) is 54.0 Å². The first-order chi connectivity index (χ1) is 11.2. The minimum atomic E-state index is -4.11. The van der Waals surface area contributed by atoms with E-state index in [1.807, 2.05) is 0 Å². The molecule has 4 nitrogen and oxygen atoms in total. The van der Waals surface area contributed by atoms with Gasteiger partial charge in [-0.3, -0.25) is 4.98 Å². The average molecular weight is 339 g/mol. The maximum absolute atomic E-state index is 14.2. The van der Waals surface area contributed by atoms with Gasteiger partial charge in [0.2, 0.25) is 0 Å². The Bertz CT molecular complexity index is 713. The molecule has 0 radical (unpaired) electrons. The molecule has 2 rings (SSSR count). The Kier molecular flexibility index (Phi) is 4.94. The molecule has 1 atom stereocenters. The number of benzene rings is 1. The van der Waals surface area contributed by atoms with Gasteiger partial charge >= 0.3 is 11.9 Å². The second kappa shape index (κ2) is 6.60. The number of carbonyl (C=O) groups is 1. The molecule has 24 heavy (non-hydrogen) atoms. The molecule has 1 aromatic carbocycles. The molecular formula is C17H16F3NO3.